The van der Waals surface area contributed by atoms with Crippen LogP contribution >= 0.6 is 34.4 Å². The van der Waals surface area contributed by atoms with Gasteiger partial charge in [-0.15, -0.1) is 22.7 Å². The van der Waals surface area contributed by atoms with Crippen LogP contribution < -0.4 is 14.8 Å². The molecule has 0 N–H and O–H groups in total. The van der Waals surface area contributed by atoms with E-state index < -0.39 is 11.6 Å². The molecule has 0 saturated carbocycles. The minimum Gasteiger partial charge on any atom is -0.299 e. The maximum Gasteiger partial charge on any atom is 0.269 e. The molecule has 0 spiro atoms. The Morgan fingerprint density at radius 3 is 2.83 bits per heavy atom. The van der Waals surface area contributed by atoms with Crippen LogP contribution in [-0.2, 0) is 13.0 Å². The number of aryl methyl sites for hydroxylation is 1. The second kappa shape index (κ2) is 8.53. The first-order chi connectivity index (χ1) is 14.0. The maximum absolute atomic E-state index is 14.6. The van der Waals surface area contributed by atoms with E-state index >= 15 is 0 Å². The van der Waals surface area contributed by atoms with Gasteiger partial charge in [-0.25, -0.2) is 13.8 Å². The summed E-state index contributed by atoms with van der Waals surface area (Å²) in [6.07, 6.45) is 5.98. The van der Waals surface area contributed by atoms with Crippen molar-refractivity contribution < 1.29 is 8.78 Å². The predicted octanol–water partition coefficient (Wildman–Crippen LogP) is 4.37. The van der Waals surface area contributed by atoms with Crippen LogP contribution in [0.15, 0.2) is 33.4 Å². The van der Waals surface area contributed by atoms with E-state index in [4.69, 9.17) is 0 Å². The van der Waals surface area contributed by atoms with Crippen molar-refractivity contribution in [2.24, 2.45) is 5.92 Å². The third-order valence-corrected chi connectivity index (χ3v) is 8.52. The Morgan fingerprint density at radius 1 is 1.31 bits per heavy atom. The van der Waals surface area contributed by atoms with Gasteiger partial charge in [-0.2, -0.15) is 0 Å². The molecule has 2 aromatic heterocycles. The van der Waals surface area contributed by atoms with E-state index in [-0.39, 0.29) is 11.5 Å². The average molecular weight is 451 g/mol. The van der Waals surface area contributed by atoms with E-state index in [1.807, 2.05) is 18.4 Å². The van der Waals surface area contributed by atoms with Crippen molar-refractivity contribution in [2.45, 2.75) is 44.6 Å². The molecular formula is C21H20F2N2OS3. The molecule has 0 bridgehead atoms. The minimum atomic E-state index is -0.847. The Bertz CT molecular complexity index is 1210. The second-order valence-electron chi connectivity index (χ2n) is 6.79. The summed E-state index contributed by atoms with van der Waals surface area (Å²) >= 11 is 4.16. The molecule has 1 aromatic carbocycles. The number of hydrogen-bond acceptors (Lipinski definition) is 5. The smallest absolute Gasteiger partial charge is 0.269 e. The molecule has 0 radical (unpaired) electrons. The van der Waals surface area contributed by atoms with Crippen LogP contribution in [0.25, 0.3) is 11.0 Å². The number of nitrogens with zero attached hydrogens (tertiary/aromatic N) is 2. The summed E-state index contributed by atoms with van der Waals surface area (Å²) in [4.78, 5) is 18.7. The number of rotatable bonds is 3. The van der Waals surface area contributed by atoms with Gasteiger partial charge in [-0.1, -0.05) is 24.8 Å². The Morgan fingerprint density at radius 2 is 2.14 bits per heavy atom. The van der Waals surface area contributed by atoms with Crippen molar-refractivity contribution in [3.63, 3.8) is 0 Å². The van der Waals surface area contributed by atoms with Gasteiger partial charge in [-0.3, -0.25) is 9.36 Å². The van der Waals surface area contributed by atoms with Gasteiger partial charge in [0, 0.05) is 29.1 Å². The number of aromatic nitrogens is 2. The number of thioether (sulfide) groups is 1. The Hall–Kier alpha value is -1.77. The molecule has 3 aromatic rings. The van der Waals surface area contributed by atoms with Crippen molar-refractivity contribution in [1.29, 1.82) is 0 Å². The summed E-state index contributed by atoms with van der Waals surface area (Å²) in [5.74, 6) is -1.52. The lowest BCUT2D eigenvalue weighted by atomic mass is 9.97. The number of hydrogen-bond donors (Lipinski definition) is 0. The zero-order valence-electron chi connectivity index (χ0n) is 16.1. The second-order valence-corrected chi connectivity index (χ2v) is 9.80. The number of thiazole rings is 2. The lowest BCUT2D eigenvalue weighted by molar-refractivity contribution is 0.487. The molecule has 1 aliphatic rings. The molecule has 1 atom stereocenters. The molecule has 8 heteroatoms. The highest BCUT2D eigenvalue weighted by molar-refractivity contribution is 8.08. The summed E-state index contributed by atoms with van der Waals surface area (Å²) in [7, 11) is 0. The fourth-order valence-corrected chi connectivity index (χ4v) is 6.95. The van der Waals surface area contributed by atoms with E-state index in [1.165, 1.54) is 40.5 Å². The lowest BCUT2D eigenvalue weighted by Crippen LogP contribution is -2.32. The third kappa shape index (κ3) is 3.85. The average Bonchev–Trinajstić information content (AvgIpc) is 3.28. The molecule has 0 saturated heterocycles. The zero-order valence-corrected chi connectivity index (χ0v) is 18.5. The van der Waals surface area contributed by atoms with E-state index in [0.29, 0.717) is 22.4 Å². The zero-order chi connectivity index (χ0) is 20.5. The van der Waals surface area contributed by atoms with Crippen molar-refractivity contribution in [1.82, 2.24) is 9.55 Å². The molecular weight excluding hydrogens is 430 g/mol. The van der Waals surface area contributed by atoms with Crippen LogP contribution in [0.1, 0.15) is 37.3 Å². The quantitative estimate of drug-likeness (QED) is 0.595. The van der Waals surface area contributed by atoms with Crippen LogP contribution in [-0.4, -0.2) is 9.55 Å². The normalized spacial score (nSPS) is 19.3. The van der Waals surface area contributed by atoms with Crippen LogP contribution in [0.3, 0.4) is 0 Å². The summed E-state index contributed by atoms with van der Waals surface area (Å²) in [5.41, 5.74) is 0.741. The van der Waals surface area contributed by atoms with Gasteiger partial charge in [-0.05, 0) is 43.7 Å². The summed E-state index contributed by atoms with van der Waals surface area (Å²) in [6, 6.07) is 2.85. The summed E-state index contributed by atoms with van der Waals surface area (Å²) in [5, 5.41) is 2.73. The van der Waals surface area contributed by atoms with Crippen LogP contribution in [0.5, 0.6) is 0 Å². The molecule has 0 aliphatic carbocycles. The highest BCUT2D eigenvalue weighted by Crippen LogP contribution is 2.43. The predicted molar refractivity (Wildman–Crippen MR) is 117 cm³/mol. The van der Waals surface area contributed by atoms with Crippen LogP contribution in [0, 0.1) is 17.6 Å². The maximum atomic E-state index is 14.6. The van der Waals surface area contributed by atoms with Gasteiger partial charge < -0.3 is 0 Å². The molecule has 3 nitrogen and oxygen atoms in total. The third-order valence-electron chi connectivity index (χ3n) is 5.12. The minimum absolute atomic E-state index is 0.0680. The van der Waals surface area contributed by atoms with Crippen LogP contribution in [0.4, 0.5) is 8.78 Å². The molecule has 1 aliphatic heterocycles. The molecule has 1 unspecified atom stereocenters. The van der Waals surface area contributed by atoms with Crippen molar-refractivity contribution in [3.8, 4) is 0 Å². The standard InChI is InChI=1S/C21H20F2N2OS3/c1-3-12-5-6-13-7-8-14(22)17(23)18(13)29-19(12)20-21(26)25(4-2)16(28-20)11-15-24-9-10-27-15/h7-12H,3-6H2,1-2H3. The first kappa shape index (κ1) is 20.5. The Balaban J connectivity index is 1.98. The van der Waals surface area contributed by atoms with Gasteiger partial charge in [0.05, 0.1) is 4.90 Å². The Labute approximate surface area is 179 Å². The summed E-state index contributed by atoms with van der Waals surface area (Å²) in [6.45, 7) is 4.55. The van der Waals surface area contributed by atoms with E-state index in [9.17, 15) is 13.6 Å². The molecule has 29 heavy (non-hydrogen) atoms. The molecule has 0 amide bonds. The van der Waals surface area contributed by atoms with Gasteiger partial charge in [0.25, 0.3) is 5.56 Å². The highest BCUT2D eigenvalue weighted by atomic mass is 32.2. The monoisotopic (exact) mass is 450 g/mol. The van der Waals surface area contributed by atoms with Gasteiger partial charge in [0.15, 0.2) is 11.6 Å². The largest absolute Gasteiger partial charge is 0.299 e. The van der Waals surface area contributed by atoms with Crippen LogP contribution in [0.2, 0.25) is 0 Å². The number of halogens is 2. The summed E-state index contributed by atoms with van der Waals surface area (Å²) < 4.78 is 31.7. The van der Waals surface area contributed by atoms with Crippen molar-refractivity contribution in [2.75, 3.05) is 0 Å². The number of fused-ring (bicyclic) bond motifs is 1. The van der Waals surface area contributed by atoms with E-state index in [1.54, 1.807) is 16.8 Å². The van der Waals surface area contributed by atoms with Crippen molar-refractivity contribution in [3.05, 3.63) is 65.5 Å². The topological polar surface area (TPSA) is 34.9 Å². The van der Waals surface area contributed by atoms with Gasteiger partial charge in [0.1, 0.15) is 14.2 Å². The molecule has 152 valence electrons. The Kier molecular flexibility index (Phi) is 6.03. The fourth-order valence-electron chi connectivity index (χ4n) is 3.55. The molecule has 3 heterocycles. The first-order valence-corrected chi connectivity index (χ1v) is 12.0. The molecule has 4 rings (SSSR count). The van der Waals surface area contributed by atoms with E-state index in [2.05, 4.69) is 11.9 Å². The lowest BCUT2D eigenvalue weighted by Gasteiger charge is -2.13. The van der Waals surface area contributed by atoms with E-state index in [0.717, 1.165) is 33.0 Å². The fraction of sp³-hybridized carbons (Fsp3) is 0.333. The SMILES string of the molecule is CCC1CCc2ccc(F)c(F)c2SC1=c1sc(=Cc2nccs2)n(CC)c1=O. The van der Waals surface area contributed by atoms with Gasteiger partial charge >= 0.3 is 0 Å². The highest BCUT2D eigenvalue weighted by Gasteiger charge is 2.26. The molecule has 0 fully saturated rings. The number of benzene rings is 1. The van der Waals surface area contributed by atoms with Gasteiger partial charge in [0.2, 0.25) is 0 Å². The van der Waals surface area contributed by atoms with Crippen molar-refractivity contribution >= 4 is 45.4 Å². The first-order valence-electron chi connectivity index (χ1n) is 9.53.